The molecule has 3 nitrogen and oxygen atoms in total. The molecule has 1 aliphatic rings. The van der Waals surface area contributed by atoms with E-state index in [1.807, 2.05) is 12.1 Å². The van der Waals surface area contributed by atoms with E-state index in [-0.39, 0.29) is 12.1 Å². The van der Waals surface area contributed by atoms with Crippen molar-refractivity contribution in [3.05, 3.63) is 24.2 Å². The third kappa shape index (κ3) is 2.11. The van der Waals surface area contributed by atoms with Crippen LogP contribution >= 0.6 is 0 Å². The van der Waals surface area contributed by atoms with Crippen LogP contribution in [0.4, 0.5) is 0 Å². The summed E-state index contributed by atoms with van der Waals surface area (Å²) >= 11 is 0. The maximum Gasteiger partial charge on any atom is 0.105 e. The van der Waals surface area contributed by atoms with Crippen molar-refractivity contribution in [2.75, 3.05) is 6.61 Å². The Morgan fingerprint density at radius 1 is 1.62 bits per heavy atom. The van der Waals surface area contributed by atoms with Gasteiger partial charge in [0.25, 0.3) is 0 Å². The summed E-state index contributed by atoms with van der Waals surface area (Å²) in [5.74, 6) is 0.947. The average molecular weight is 181 g/mol. The molecule has 2 rings (SSSR count). The van der Waals surface area contributed by atoms with E-state index < -0.39 is 0 Å². The van der Waals surface area contributed by atoms with Crippen molar-refractivity contribution in [2.45, 2.75) is 31.4 Å². The molecule has 2 heterocycles. The SMILES string of the molecule is NC(Cc1ccco1)C1CCCO1. The Balaban J connectivity index is 1.87. The van der Waals surface area contributed by atoms with E-state index in [0.29, 0.717) is 0 Å². The number of hydrogen-bond donors (Lipinski definition) is 1. The molecule has 0 radical (unpaired) electrons. The molecule has 1 aromatic heterocycles. The minimum absolute atomic E-state index is 0.0775. The van der Waals surface area contributed by atoms with E-state index in [1.54, 1.807) is 6.26 Å². The predicted octanol–water partition coefficient (Wildman–Crippen LogP) is 1.33. The van der Waals surface area contributed by atoms with Crippen molar-refractivity contribution < 1.29 is 9.15 Å². The lowest BCUT2D eigenvalue weighted by Gasteiger charge is -2.16. The molecular formula is C10H15NO2. The summed E-state index contributed by atoms with van der Waals surface area (Å²) in [4.78, 5) is 0. The fourth-order valence-corrected chi connectivity index (χ4v) is 1.73. The van der Waals surface area contributed by atoms with Crippen LogP contribution in [0.25, 0.3) is 0 Å². The highest BCUT2D eigenvalue weighted by Crippen LogP contribution is 2.17. The maximum absolute atomic E-state index is 5.99. The van der Waals surface area contributed by atoms with Gasteiger partial charge in [-0.15, -0.1) is 0 Å². The molecular weight excluding hydrogens is 166 g/mol. The molecule has 72 valence electrons. The highest BCUT2D eigenvalue weighted by molar-refractivity contribution is 5.01. The Hall–Kier alpha value is -0.800. The maximum atomic E-state index is 5.99. The zero-order chi connectivity index (χ0) is 9.10. The van der Waals surface area contributed by atoms with Crippen LogP contribution < -0.4 is 5.73 Å². The van der Waals surface area contributed by atoms with Crippen LogP contribution in [-0.2, 0) is 11.2 Å². The first kappa shape index (κ1) is 8.78. The molecule has 2 unspecified atom stereocenters. The van der Waals surface area contributed by atoms with Crippen molar-refractivity contribution in [3.8, 4) is 0 Å². The second-order valence-corrected chi connectivity index (χ2v) is 3.50. The first-order valence-corrected chi connectivity index (χ1v) is 4.76. The molecule has 0 amide bonds. The van der Waals surface area contributed by atoms with Gasteiger partial charge in [0.1, 0.15) is 5.76 Å². The van der Waals surface area contributed by atoms with Crippen LogP contribution in [0.2, 0.25) is 0 Å². The second kappa shape index (κ2) is 3.94. The largest absolute Gasteiger partial charge is 0.469 e. The molecule has 0 aliphatic carbocycles. The quantitative estimate of drug-likeness (QED) is 0.765. The van der Waals surface area contributed by atoms with Gasteiger partial charge < -0.3 is 14.9 Å². The summed E-state index contributed by atoms with van der Waals surface area (Å²) in [6.07, 6.45) is 4.90. The van der Waals surface area contributed by atoms with Gasteiger partial charge in [0.15, 0.2) is 0 Å². The molecule has 0 spiro atoms. The third-order valence-electron chi connectivity index (χ3n) is 2.46. The van der Waals surface area contributed by atoms with E-state index in [2.05, 4.69) is 0 Å². The Kier molecular flexibility index (Phi) is 2.66. The summed E-state index contributed by atoms with van der Waals surface area (Å²) in [5.41, 5.74) is 5.99. The summed E-state index contributed by atoms with van der Waals surface area (Å²) in [6, 6.07) is 3.92. The molecule has 1 aromatic rings. The Bertz CT molecular complexity index is 239. The van der Waals surface area contributed by atoms with E-state index in [4.69, 9.17) is 14.9 Å². The second-order valence-electron chi connectivity index (χ2n) is 3.50. The van der Waals surface area contributed by atoms with Gasteiger partial charge in [-0.3, -0.25) is 0 Å². The highest BCUT2D eigenvalue weighted by atomic mass is 16.5. The molecule has 0 bridgehead atoms. The lowest BCUT2D eigenvalue weighted by atomic mass is 10.0. The minimum Gasteiger partial charge on any atom is -0.469 e. The van der Waals surface area contributed by atoms with Gasteiger partial charge >= 0.3 is 0 Å². The molecule has 2 atom stereocenters. The van der Waals surface area contributed by atoms with Crippen LogP contribution in [0.1, 0.15) is 18.6 Å². The lowest BCUT2D eigenvalue weighted by molar-refractivity contribution is 0.0885. The summed E-state index contributed by atoms with van der Waals surface area (Å²) in [5, 5.41) is 0. The molecule has 0 aromatic carbocycles. The normalized spacial score (nSPS) is 24.8. The molecule has 13 heavy (non-hydrogen) atoms. The summed E-state index contributed by atoms with van der Waals surface area (Å²) in [6.45, 7) is 0.858. The number of furan rings is 1. The topological polar surface area (TPSA) is 48.4 Å². The van der Waals surface area contributed by atoms with Crippen LogP contribution in [0.5, 0.6) is 0 Å². The fourth-order valence-electron chi connectivity index (χ4n) is 1.73. The van der Waals surface area contributed by atoms with E-state index in [0.717, 1.165) is 31.6 Å². The monoisotopic (exact) mass is 181 g/mol. The van der Waals surface area contributed by atoms with Crippen molar-refractivity contribution in [2.24, 2.45) is 5.73 Å². The zero-order valence-corrected chi connectivity index (χ0v) is 7.61. The molecule has 2 N–H and O–H groups in total. The van der Waals surface area contributed by atoms with E-state index >= 15 is 0 Å². The van der Waals surface area contributed by atoms with Gasteiger partial charge in [0.05, 0.1) is 12.4 Å². The lowest BCUT2D eigenvalue weighted by Crippen LogP contribution is -2.35. The van der Waals surface area contributed by atoms with Crippen molar-refractivity contribution in [3.63, 3.8) is 0 Å². The Labute approximate surface area is 77.9 Å². The van der Waals surface area contributed by atoms with Gasteiger partial charge in [-0.05, 0) is 25.0 Å². The first-order chi connectivity index (χ1) is 6.36. The van der Waals surface area contributed by atoms with Gasteiger partial charge in [-0.25, -0.2) is 0 Å². The average Bonchev–Trinajstić information content (AvgIpc) is 2.74. The minimum atomic E-state index is 0.0775. The fraction of sp³-hybridized carbons (Fsp3) is 0.600. The van der Waals surface area contributed by atoms with E-state index in [9.17, 15) is 0 Å². The van der Waals surface area contributed by atoms with Gasteiger partial charge in [0.2, 0.25) is 0 Å². The summed E-state index contributed by atoms with van der Waals surface area (Å²) < 4.78 is 10.7. The smallest absolute Gasteiger partial charge is 0.105 e. The third-order valence-corrected chi connectivity index (χ3v) is 2.46. The number of nitrogens with two attached hydrogens (primary N) is 1. The van der Waals surface area contributed by atoms with Crippen LogP contribution in [0.3, 0.4) is 0 Å². The Morgan fingerprint density at radius 3 is 3.15 bits per heavy atom. The van der Waals surface area contributed by atoms with Crippen LogP contribution in [0, 0.1) is 0 Å². The number of rotatable bonds is 3. The standard InChI is InChI=1S/C10H15NO2/c11-9(10-4-2-6-13-10)7-8-3-1-5-12-8/h1,3,5,9-10H,2,4,6-7,11H2. The van der Waals surface area contributed by atoms with E-state index in [1.165, 1.54) is 0 Å². The molecule has 3 heteroatoms. The van der Waals surface area contributed by atoms with Gasteiger partial charge in [-0.1, -0.05) is 0 Å². The molecule has 1 fully saturated rings. The van der Waals surface area contributed by atoms with Crippen molar-refractivity contribution in [1.82, 2.24) is 0 Å². The van der Waals surface area contributed by atoms with Gasteiger partial charge in [-0.2, -0.15) is 0 Å². The summed E-state index contributed by atoms with van der Waals surface area (Å²) in [7, 11) is 0. The zero-order valence-electron chi connectivity index (χ0n) is 7.61. The van der Waals surface area contributed by atoms with Crippen molar-refractivity contribution >= 4 is 0 Å². The number of hydrogen-bond acceptors (Lipinski definition) is 3. The van der Waals surface area contributed by atoms with Gasteiger partial charge in [0, 0.05) is 19.1 Å². The first-order valence-electron chi connectivity index (χ1n) is 4.76. The van der Waals surface area contributed by atoms with Crippen LogP contribution in [0.15, 0.2) is 22.8 Å². The predicted molar refractivity (Wildman–Crippen MR) is 49.4 cm³/mol. The molecule has 0 saturated carbocycles. The highest BCUT2D eigenvalue weighted by Gasteiger charge is 2.23. The van der Waals surface area contributed by atoms with Crippen molar-refractivity contribution in [1.29, 1.82) is 0 Å². The Morgan fingerprint density at radius 2 is 2.54 bits per heavy atom. The molecule has 1 saturated heterocycles. The molecule has 1 aliphatic heterocycles. The number of ether oxygens (including phenoxy) is 1. The van der Waals surface area contributed by atoms with Crippen LogP contribution in [-0.4, -0.2) is 18.8 Å².